The number of amides is 1. The number of aryl methyl sites for hydroxylation is 1. The van der Waals surface area contributed by atoms with Crippen molar-refractivity contribution in [3.8, 4) is 0 Å². The van der Waals surface area contributed by atoms with Gasteiger partial charge in [0.05, 0.1) is 18.5 Å². The van der Waals surface area contributed by atoms with Gasteiger partial charge in [0.2, 0.25) is 5.91 Å². The van der Waals surface area contributed by atoms with E-state index < -0.39 is 0 Å². The number of nitrogens with one attached hydrogen (secondary N) is 1. The molecule has 0 radical (unpaired) electrons. The van der Waals surface area contributed by atoms with Gasteiger partial charge in [0.15, 0.2) is 0 Å². The largest absolute Gasteiger partial charge is 0.353 e. The molecule has 1 fully saturated rings. The van der Waals surface area contributed by atoms with E-state index in [1.807, 2.05) is 0 Å². The van der Waals surface area contributed by atoms with E-state index in [0.717, 1.165) is 42.2 Å². The molecule has 3 aromatic rings. The minimum atomic E-state index is 0.0912. The SMILES string of the molecule is Cc1ccsc1CNC(=O)CN1CCN(c2ncnc3sccc23)CC1. The molecule has 1 aliphatic heterocycles. The first-order chi connectivity index (χ1) is 12.7. The summed E-state index contributed by atoms with van der Waals surface area (Å²) in [5, 5.41) is 8.27. The van der Waals surface area contributed by atoms with Crippen molar-refractivity contribution < 1.29 is 4.79 Å². The fourth-order valence-electron chi connectivity index (χ4n) is 3.17. The van der Waals surface area contributed by atoms with E-state index in [1.165, 1.54) is 10.4 Å². The fraction of sp³-hybridized carbons (Fsp3) is 0.389. The summed E-state index contributed by atoms with van der Waals surface area (Å²) in [6, 6.07) is 4.17. The third kappa shape index (κ3) is 3.72. The van der Waals surface area contributed by atoms with E-state index in [0.29, 0.717) is 13.1 Å². The first kappa shape index (κ1) is 17.4. The van der Waals surface area contributed by atoms with Gasteiger partial charge in [-0.25, -0.2) is 9.97 Å². The molecule has 0 atom stereocenters. The molecule has 3 aromatic heterocycles. The van der Waals surface area contributed by atoms with Crippen LogP contribution in [0.25, 0.3) is 10.2 Å². The van der Waals surface area contributed by atoms with Crippen LogP contribution in [0.4, 0.5) is 5.82 Å². The Bertz CT molecular complexity index is 898. The molecule has 8 heteroatoms. The zero-order chi connectivity index (χ0) is 17.9. The van der Waals surface area contributed by atoms with Crippen molar-refractivity contribution in [2.45, 2.75) is 13.5 Å². The van der Waals surface area contributed by atoms with Gasteiger partial charge >= 0.3 is 0 Å². The third-order valence-electron chi connectivity index (χ3n) is 4.69. The molecule has 0 aliphatic carbocycles. The Hall–Kier alpha value is -2.03. The number of aromatic nitrogens is 2. The number of carbonyl (C=O) groups is 1. The molecule has 1 aliphatic rings. The van der Waals surface area contributed by atoms with Crippen LogP contribution in [0, 0.1) is 6.92 Å². The molecule has 0 spiro atoms. The first-order valence-electron chi connectivity index (χ1n) is 8.66. The molecule has 26 heavy (non-hydrogen) atoms. The minimum Gasteiger partial charge on any atom is -0.353 e. The summed E-state index contributed by atoms with van der Waals surface area (Å²) in [5.74, 6) is 1.10. The monoisotopic (exact) mass is 387 g/mol. The van der Waals surface area contributed by atoms with Gasteiger partial charge in [0.1, 0.15) is 17.0 Å². The van der Waals surface area contributed by atoms with E-state index in [-0.39, 0.29) is 5.91 Å². The Balaban J connectivity index is 1.29. The second-order valence-electron chi connectivity index (χ2n) is 6.40. The van der Waals surface area contributed by atoms with Gasteiger partial charge in [-0.2, -0.15) is 0 Å². The Morgan fingerprint density at radius 1 is 1.15 bits per heavy atom. The highest BCUT2D eigenvalue weighted by molar-refractivity contribution is 7.16. The highest BCUT2D eigenvalue weighted by atomic mass is 32.1. The molecule has 1 amide bonds. The number of nitrogens with zero attached hydrogens (tertiary/aromatic N) is 4. The molecule has 0 bridgehead atoms. The number of piperazine rings is 1. The molecule has 0 unspecified atom stereocenters. The normalized spacial score (nSPS) is 15.5. The average Bonchev–Trinajstić information content (AvgIpc) is 3.29. The zero-order valence-electron chi connectivity index (χ0n) is 14.6. The standard InChI is InChI=1S/C18H21N5OS2/c1-13-2-8-25-15(13)10-19-16(24)11-22-4-6-23(7-5-22)17-14-3-9-26-18(14)21-12-20-17/h2-3,8-9,12H,4-7,10-11H2,1H3,(H,19,24). The summed E-state index contributed by atoms with van der Waals surface area (Å²) in [5.41, 5.74) is 1.24. The fourth-order valence-corrected chi connectivity index (χ4v) is 4.74. The highest BCUT2D eigenvalue weighted by Gasteiger charge is 2.21. The lowest BCUT2D eigenvalue weighted by atomic mass is 10.2. The van der Waals surface area contributed by atoms with E-state index in [9.17, 15) is 4.79 Å². The predicted octanol–water partition coefficient (Wildman–Crippen LogP) is 2.50. The van der Waals surface area contributed by atoms with Crippen molar-refractivity contribution in [2.24, 2.45) is 0 Å². The lowest BCUT2D eigenvalue weighted by molar-refractivity contribution is -0.122. The second kappa shape index (κ2) is 7.69. The maximum Gasteiger partial charge on any atom is 0.234 e. The summed E-state index contributed by atoms with van der Waals surface area (Å²) in [6.07, 6.45) is 1.64. The van der Waals surface area contributed by atoms with Crippen LogP contribution in [0.1, 0.15) is 10.4 Å². The van der Waals surface area contributed by atoms with Crippen LogP contribution < -0.4 is 10.2 Å². The van der Waals surface area contributed by atoms with E-state index in [1.54, 1.807) is 29.0 Å². The van der Waals surface area contributed by atoms with Gasteiger partial charge in [-0.15, -0.1) is 22.7 Å². The first-order valence-corrected chi connectivity index (χ1v) is 10.4. The number of hydrogen-bond acceptors (Lipinski definition) is 7. The number of carbonyl (C=O) groups excluding carboxylic acids is 1. The molecule has 0 aromatic carbocycles. The van der Waals surface area contributed by atoms with Crippen molar-refractivity contribution in [3.63, 3.8) is 0 Å². The summed E-state index contributed by atoms with van der Waals surface area (Å²) in [6.45, 7) is 6.63. The van der Waals surface area contributed by atoms with E-state index in [4.69, 9.17) is 0 Å². The Morgan fingerprint density at radius 3 is 2.73 bits per heavy atom. The van der Waals surface area contributed by atoms with Crippen LogP contribution in [0.5, 0.6) is 0 Å². The lowest BCUT2D eigenvalue weighted by Crippen LogP contribution is -2.49. The average molecular weight is 388 g/mol. The van der Waals surface area contributed by atoms with Crippen LogP contribution in [0.3, 0.4) is 0 Å². The molecular formula is C18H21N5OS2. The number of anilines is 1. The molecule has 1 saturated heterocycles. The van der Waals surface area contributed by atoms with Crippen molar-refractivity contribution in [1.82, 2.24) is 20.2 Å². The molecule has 6 nitrogen and oxygen atoms in total. The number of fused-ring (bicyclic) bond motifs is 1. The van der Waals surface area contributed by atoms with Crippen molar-refractivity contribution in [2.75, 3.05) is 37.6 Å². The number of hydrogen-bond donors (Lipinski definition) is 1. The van der Waals surface area contributed by atoms with Gasteiger partial charge < -0.3 is 10.2 Å². The lowest BCUT2D eigenvalue weighted by Gasteiger charge is -2.35. The molecule has 1 N–H and O–H groups in total. The molecule has 4 rings (SSSR count). The Morgan fingerprint density at radius 2 is 1.96 bits per heavy atom. The molecular weight excluding hydrogens is 366 g/mol. The van der Waals surface area contributed by atoms with Gasteiger partial charge in [0.25, 0.3) is 0 Å². The molecule has 4 heterocycles. The van der Waals surface area contributed by atoms with Gasteiger partial charge in [-0.3, -0.25) is 9.69 Å². The van der Waals surface area contributed by atoms with Crippen molar-refractivity contribution in [3.05, 3.63) is 39.7 Å². The van der Waals surface area contributed by atoms with Crippen molar-refractivity contribution in [1.29, 1.82) is 0 Å². The van der Waals surface area contributed by atoms with E-state index in [2.05, 4.69) is 54.9 Å². The summed E-state index contributed by atoms with van der Waals surface area (Å²) < 4.78 is 0. The molecule has 136 valence electrons. The third-order valence-corrected chi connectivity index (χ3v) is 6.54. The van der Waals surface area contributed by atoms with Crippen molar-refractivity contribution >= 4 is 44.6 Å². The van der Waals surface area contributed by atoms with Gasteiger partial charge in [0, 0.05) is 31.1 Å². The van der Waals surface area contributed by atoms with Crippen LogP contribution in [0.15, 0.2) is 29.2 Å². The Labute approximate surface area is 160 Å². The summed E-state index contributed by atoms with van der Waals surface area (Å²) in [4.78, 5) is 27.8. The van der Waals surface area contributed by atoms with Crippen LogP contribution in [-0.4, -0.2) is 53.5 Å². The maximum absolute atomic E-state index is 12.2. The van der Waals surface area contributed by atoms with Crippen LogP contribution in [0.2, 0.25) is 0 Å². The second-order valence-corrected chi connectivity index (χ2v) is 8.30. The topological polar surface area (TPSA) is 61.4 Å². The van der Waals surface area contributed by atoms with Gasteiger partial charge in [-0.1, -0.05) is 0 Å². The van der Waals surface area contributed by atoms with Crippen LogP contribution in [-0.2, 0) is 11.3 Å². The highest BCUT2D eigenvalue weighted by Crippen LogP contribution is 2.27. The smallest absolute Gasteiger partial charge is 0.234 e. The van der Waals surface area contributed by atoms with Gasteiger partial charge in [-0.05, 0) is 35.4 Å². The molecule has 0 saturated carbocycles. The van der Waals surface area contributed by atoms with Crippen LogP contribution >= 0.6 is 22.7 Å². The predicted molar refractivity (Wildman–Crippen MR) is 107 cm³/mol. The summed E-state index contributed by atoms with van der Waals surface area (Å²) >= 11 is 3.33. The van der Waals surface area contributed by atoms with E-state index >= 15 is 0 Å². The summed E-state index contributed by atoms with van der Waals surface area (Å²) in [7, 11) is 0. The number of rotatable bonds is 5. The minimum absolute atomic E-state index is 0.0912. The number of thiophene rings is 2. The maximum atomic E-state index is 12.2. The quantitative estimate of drug-likeness (QED) is 0.729. The zero-order valence-corrected chi connectivity index (χ0v) is 16.3. The Kier molecular flexibility index (Phi) is 5.14.